The fourth-order valence-electron chi connectivity index (χ4n) is 0.905. The Morgan fingerprint density at radius 2 is 2.13 bits per heavy atom. The Bertz CT molecular complexity index is 411. The Kier molecular flexibility index (Phi) is 5.20. The van der Waals surface area contributed by atoms with Crippen LogP contribution in [0.2, 0.25) is 0 Å². The highest BCUT2D eigenvalue weighted by Crippen LogP contribution is 2.32. The van der Waals surface area contributed by atoms with E-state index in [1.165, 1.54) is 0 Å². The van der Waals surface area contributed by atoms with Crippen LogP contribution in [0.3, 0.4) is 0 Å². The topological polar surface area (TPSA) is 72.2 Å². The zero-order valence-electron chi connectivity index (χ0n) is 7.66. The monoisotopic (exact) mass is 376 g/mol. The van der Waals surface area contributed by atoms with Gasteiger partial charge in [-0.15, -0.1) is 11.3 Å². The number of halogens is 2. The lowest BCUT2D eigenvalue weighted by atomic mass is 10.4. The van der Waals surface area contributed by atoms with E-state index in [1.807, 2.05) is 6.07 Å². The fraction of sp³-hybridized carbons (Fsp3) is 0.429. The fourth-order valence-corrected chi connectivity index (χ4v) is 3.48. The van der Waals surface area contributed by atoms with Crippen LogP contribution in [0.25, 0.3) is 0 Å². The number of nitrogens with two attached hydrogens (primary N) is 1. The molecule has 0 aliphatic rings. The van der Waals surface area contributed by atoms with E-state index in [2.05, 4.69) is 37.2 Å². The van der Waals surface area contributed by atoms with Gasteiger partial charge in [-0.25, -0.2) is 13.6 Å². The van der Waals surface area contributed by atoms with Gasteiger partial charge in [-0.3, -0.25) is 0 Å². The van der Waals surface area contributed by atoms with Gasteiger partial charge in [0.15, 0.2) is 0 Å². The molecule has 1 aromatic rings. The summed E-state index contributed by atoms with van der Waals surface area (Å²) in [6.45, 7) is 1.01. The average Bonchev–Trinajstić information content (AvgIpc) is 2.39. The molecule has 0 fully saturated rings. The zero-order chi connectivity index (χ0) is 11.5. The SMILES string of the molecule is NS(=O)(=O)CCNCc1cc(Br)c(Br)s1. The van der Waals surface area contributed by atoms with Gasteiger partial charge in [-0.05, 0) is 37.9 Å². The predicted octanol–water partition coefficient (Wildman–Crippen LogP) is 1.65. The van der Waals surface area contributed by atoms with Crippen molar-refractivity contribution in [3.8, 4) is 0 Å². The van der Waals surface area contributed by atoms with Crippen LogP contribution in [0.15, 0.2) is 14.3 Å². The highest BCUT2D eigenvalue weighted by molar-refractivity contribution is 9.13. The molecule has 0 radical (unpaired) electrons. The number of rotatable bonds is 5. The summed E-state index contributed by atoms with van der Waals surface area (Å²) in [4.78, 5) is 1.13. The maximum Gasteiger partial charge on any atom is 0.210 e. The number of thiophene rings is 1. The lowest BCUT2D eigenvalue weighted by molar-refractivity contribution is 0.592. The molecule has 0 aliphatic carbocycles. The summed E-state index contributed by atoms with van der Waals surface area (Å²) in [7, 11) is -3.36. The molecule has 4 nitrogen and oxygen atoms in total. The van der Waals surface area contributed by atoms with Gasteiger partial charge in [0.2, 0.25) is 10.0 Å². The van der Waals surface area contributed by atoms with E-state index in [0.717, 1.165) is 13.1 Å². The van der Waals surface area contributed by atoms with Crippen molar-refractivity contribution in [2.75, 3.05) is 12.3 Å². The Morgan fingerprint density at radius 1 is 1.47 bits per heavy atom. The standard InChI is InChI=1S/C7H10Br2N2O2S2/c8-6-3-5(14-7(6)9)4-11-1-2-15(10,12)13/h3,11H,1-2,4H2,(H2,10,12,13). The Labute approximate surface area is 110 Å². The molecule has 0 atom stereocenters. The third kappa shape index (κ3) is 5.41. The normalized spacial score (nSPS) is 11.9. The van der Waals surface area contributed by atoms with Crippen molar-refractivity contribution in [2.24, 2.45) is 5.14 Å². The summed E-state index contributed by atoms with van der Waals surface area (Å²) in [5, 5.41) is 7.87. The molecule has 0 unspecified atom stereocenters. The minimum atomic E-state index is -3.36. The average molecular weight is 378 g/mol. The number of primary sulfonamides is 1. The molecule has 0 bridgehead atoms. The molecule has 1 heterocycles. The maximum absolute atomic E-state index is 10.6. The van der Waals surface area contributed by atoms with Crippen molar-refractivity contribution in [1.29, 1.82) is 0 Å². The van der Waals surface area contributed by atoms with E-state index in [4.69, 9.17) is 5.14 Å². The molecule has 0 saturated carbocycles. The van der Waals surface area contributed by atoms with E-state index in [9.17, 15) is 8.42 Å². The zero-order valence-corrected chi connectivity index (χ0v) is 12.5. The van der Waals surface area contributed by atoms with E-state index < -0.39 is 10.0 Å². The number of sulfonamides is 1. The largest absolute Gasteiger partial charge is 0.311 e. The number of hydrogen-bond acceptors (Lipinski definition) is 4. The molecular weight excluding hydrogens is 368 g/mol. The molecule has 0 aliphatic heterocycles. The molecule has 0 amide bonds. The maximum atomic E-state index is 10.6. The van der Waals surface area contributed by atoms with Gasteiger partial charge < -0.3 is 5.32 Å². The third-order valence-electron chi connectivity index (χ3n) is 1.56. The molecule has 8 heteroatoms. The Balaban J connectivity index is 2.32. The minimum absolute atomic E-state index is 0.0410. The first-order chi connectivity index (χ1) is 6.88. The first-order valence-electron chi connectivity index (χ1n) is 4.03. The number of hydrogen-bond donors (Lipinski definition) is 2. The van der Waals surface area contributed by atoms with Crippen LogP contribution in [-0.4, -0.2) is 20.7 Å². The molecule has 86 valence electrons. The highest BCUT2D eigenvalue weighted by Gasteiger charge is 2.05. The van der Waals surface area contributed by atoms with Crippen molar-refractivity contribution < 1.29 is 8.42 Å². The van der Waals surface area contributed by atoms with Crippen LogP contribution in [0.4, 0.5) is 0 Å². The van der Waals surface area contributed by atoms with Crippen LogP contribution < -0.4 is 10.5 Å². The molecule has 1 rings (SSSR count). The number of nitrogens with one attached hydrogen (secondary N) is 1. The summed E-state index contributed by atoms with van der Waals surface area (Å²) < 4.78 is 23.3. The first-order valence-corrected chi connectivity index (χ1v) is 8.15. The smallest absolute Gasteiger partial charge is 0.210 e. The highest BCUT2D eigenvalue weighted by atomic mass is 79.9. The van der Waals surface area contributed by atoms with E-state index in [1.54, 1.807) is 11.3 Å². The minimum Gasteiger partial charge on any atom is -0.311 e. The summed E-state index contributed by atoms with van der Waals surface area (Å²) in [5.74, 6) is -0.0410. The van der Waals surface area contributed by atoms with Crippen LogP contribution in [-0.2, 0) is 16.6 Å². The first kappa shape index (κ1) is 13.6. The second-order valence-corrected chi connectivity index (χ2v) is 7.92. The van der Waals surface area contributed by atoms with Crippen molar-refractivity contribution in [2.45, 2.75) is 6.54 Å². The lowest BCUT2D eigenvalue weighted by Crippen LogP contribution is -2.26. The van der Waals surface area contributed by atoms with Gasteiger partial charge in [0.05, 0.1) is 9.54 Å². The van der Waals surface area contributed by atoms with Gasteiger partial charge in [0.1, 0.15) is 0 Å². The van der Waals surface area contributed by atoms with Crippen molar-refractivity contribution in [1.82, 2.24) is 5.32 Å². The van der Waals surface area contributed by atoms with E-state index in [-0.39, 0.29) is 5.75 Å². The van der Waals surface area contributed by atoms with Gasteiger partial charge in [0.25, 0.3) is 0 Å². The summed E-state index contributed by atoms with van der Waals surface area (Å²) in [6, 6.07) is 1.98. The molecule has 3 N–H and O–H groups in total. The van der Waals surface area contributed by atoms with Crippen LogP contribution >= 0.6 is 43.2 Å². The molecule has 1 aromatic heterocycles. The second-order valence-electron chi connectivity index (χ2n) is 2.88. The van der Waals surface area contributed by atoms with Crippen molar-refractivity contribution in [3.63, 3.8) is 0 Å². The van der Waals surface area contributed by atoms with Gasteiger partial charge >= 0.3 is 0 Å². The lowest BCUT2D eigenvalue weighted by Gasteiger charge is -2.00. The molecule has 0 aromatic carbocycles. The molecule has 15 heavy (non-hydrogen) atoms. The van der Waals surface area contributed by atoms with Crippen LogP contribution in [0.1, 0.15) is 4.88 Å². The van der Waals surface area contributed by atoms with Crippen molar-refractivity contribution >= 4 is 53.2 Å². The van der Waals surface area contributed by atoms with Crippen LogP contribution in [0.5, 0.6) is 0 Å². The summed E-state index contributed by atoms with van der Waals surface area (Å²) in [5.41, 5.74) is 0. The quantitative estimate of drug-likeness (QED) is 0.766. The second kappa shape index (κ2) is 5.74. The predicted molar refractivity (Wildman–Crippen MR) is 69.4 cm³/mol. The molecule has 0 spiro atoms. The van der Waals surface area contributed by atoms with E-state index in [0.29, 0.717) is 13.1 Å². The third-order valence-corrected chi connectivity index (χ3v) is 5.59. The summed E-state index contributed by atoms with van der Waals surface area (Å²) >= 11 is 8.36. The van der Waals surface area contributed by atoms with Gasteiger partial charge in [-0.1, -0.05) is 0 Å². The van der Waals surface area contributed by atoms with Gasteiger partial charge in [0, 0.05) is 22.4 Å². The molecule has 0 saturated heterocycles. The van der Waals surface area contributed by atoms with Crippen molar-refractivity contribution in [3.05, 3.63) is 19.2 Å². The van der Waals surface area contributed by atoms with Crippen LogP contribution in [0, 0.1) is 0 Å². The van der Waals surface area contributed by atoms with E-state index >= 15 is 0 Å². The summed E-state index contributed by atoms with van der Waals surface area (Å²) in [6.07, 6.45) is 0. The van der Waals surface area contributed by atoms with Gasteiger partial charge in [-0.2, -0.15) is 0 Å². The Hall–Kier alpha value is 0.530. The molecular formula is C7H10Br2N2O2S2. The Morgan fingerprint density at radius 3 is 2.60 bits per heavy atom.